The Balaban J connectivity index is 4.97. The molecule has 0 aliphatic heterocycles. The fourth-order valence-electron chi connectivity index (χ4n) is 2.78. The van der Waals surface area contributed by atoms with Crippen molar-refractivity contribution in [1.82, 2.24) is 5.32 Å². The number of carbonyl (C=O) groups is 4. The van der Waals surface area contributed by atoms with Gasteiger partial charge in [-0.15, -0.1) is 0 Å². The summed E-state index contributed by atoms with van der Waals surface area (Å²) >= 11 is 0. The van der Waals surface area contributed by atoms with Crippen molar-refractivity contribution in [3.05, 3.63) is 0 Å². The zero-order valence-corrected chi connectivity index (χ0v) is 17.5. The number of carbonyl (C=O) groups excluding carboxylic acids is 4. The molecule has 0 saturated heterocycles. The molecule has 0 heterocycles. The van der Waals surface area contributed by atoms with Crippen molar-refractivity contribution in [3.63, 3.8) is 0 Å². The molecule has 5 N–H and O–H groups in total. The molecule has 0 spiro atoms. The van der Waals surface area contributed by atoms with E-state index < -0.39 is 29.6 Å². The lowest BCUT2D eigenvalue weighted by molar-refractivity contribution is -0.129. The first-order valence-corrected chi connectivity index (χ1v) is 9.80. The lowest BCUT2D eigenvalue weighted by Gasteiger charge is -2.23. The van der Waals surface area contributed by atoms with Gasteiger partial charge in [-0.25, -0.2) is 0 Å². The van der Waals surface area contributed by atoms with Crippen molar-refractivity contribution in [2.75, 3.05) is 13.7 Å². The van der Waals surface area contributed by atoms with Crippen molar-refractivity contribution in [3.8, 4) is 0 Å². The molecule has 9 heteroatoms. The molecule has 164 valence electrons. The number of methoxy groups -OCH3 is 1. The van der Waals surface area contributed by atoms with Crippen LogP contribution in [0.5, 0.6) is 0 Å². The first kappa shape index (κ1) is 26.7. The number of amides is 1. The van der Waals surface area contributed by atoms with Crippen LogP contribution < -0.4 is 11.1 Å². The van der Waals surface area contributed by atoms with Gasteiger partial charge in [0.25, 0.3) is 0 Å². The van der Waals surface area contributed by atoms with Crippen LogP contribution in [0.25, 0.3) is 0 Å². The van der Waals surface area contributed by atoms with Gasteiger partial charge in [0, 0.05) is 33.0 Å². The Kier molecular flexibility index (Phi) is 13.6. The zero-order valence-electron chi connectivity index (χ0n) is 17.5. The third-order valence-corrected chi connectivity index (χ3v) is 4.83. The zero-order chi connectivity index (χ0) is 22.4. The number of hydrogen-bond acceptors (Lipinski definition) is 8. The quantitative estimate of drug-likeness (QED) is 0.262. The predicted molar refractivity (Wildman–Crippen MR) is 110 cm³/mol. The summed E-state index contributed by atoms with van der Waals surface area (Å²) in [5, 5.41) is 16.4. The maximum atomic E-state index is 12.7. The van der Waals surface area contributed by atoms with Crippen LogP contribution in [0, 0.1) is 22.7 Å². The van der Waals surface area contributed by atoms with Gasteiger partial charge in [-0.2, -0.15) is 0 Å². The van der Waals surface area contributed by atoms with Crippen molar-refractivity contribution in [2.45, 2.75) is 64.5 Å². The Morgan fingerprint density at radius 3 is 2.00 bits per heavy atom. The first-order chi connectivity index (χ1) is 13.7. The van der Waals surface area contributed by atoms with Crippen LogP contribution in [0.2, 0.25) is 0 Å². The molecule has 0 saturated carbocycles. The lowest BCUT2D eigenvalue weighted by atomic mass is 9.89. The van der Waals surface area contributed by atoms with Gasteiger partial charge in [0.2, 0.25) is 5.91 Å². The van der Waals surface area contributed by atoms with Crippen LogP contribution in [0.1, 0.15) is 52.4 Å². The first-order valence-electron chi connectivity index (χ1n) is 9.80. The average molecular weight is 411 g/mol. The molecule has 0 aromatic rings. The van der Waals surface area contributed by atoms with Crippen molar-refractivity contribution in [1.29, 1.82) is 10.8 Å². The maximum absolute atomic E-state index is 12.7. The van der Waals surface area contributed by atoms with E-state index in [1.165, 1.54) is 0 Å². The Morgan fingerprint density at radius 1 is 0.966 bits per heavy atom. The third-order valence-electron chi connectivity index (χ3n) is 4.83. The highest BCUT2D eigenvalue weighted by molar-refractivity contribution is 6.26. The van der Waals surface area contributed by atoms with E-state index in [9.17, 15) is 19.2 Å². The molecule has 1 unspecified atom stereocenters. The molecule has 0 aliphatic carbocycles. The third kappa shape index (κ3) is 11.4. The fraction of sp³-hybridized carbons (Fsp3) is 0.700. The Morgan fingerprint density at radius 2 is 1.52 bits per heavy atom. The van der Waals surface area contributed by atoms with Gasteiger partial charge in [-0.05, 0) is 31.1 Å². The highest BCUT2D eigenvalue weighted by Crippen LogP contribution is 2.19. The number of ether oxygens (including phenoxy) is 1. The molecule has 29 heavy (non-hydrogen) atoms. The SMILES string of the molecule is COCC(CCC(=O)[C@H](CCC(=O)C=N)NC(=O)[C@@H](N)CCC(=O)C=N)C(C)C. The molecule has 9 nitrogen and oxygen atoms in total. The minimum Gasteiger partial charge on any atom is -0.384 e. The topological polar surface area (TPSA) is 163 Å². The highest BCUT2D eigenvalue weighted by Gasteiger charge is 2.25. The predicted octanol–water partition coefficient (Wildman–Crippen LogP) is 1.06. The van der Waals surface area contributed by atoms with Crippen LogP contribution in [-0.4, -0.2) is 61.5 Å². The number of hydrogen-bond donors (Lipinski definition) is 4. The molecule has 0 aliphatic rings. The summed E-state index contributed by atoms with van der Waals surface area (Å²) in [5.41, 5.74) is 5.78. The van der Waals surface area contributed by atoms with Gasteiger partial charge in [-0.3, -0.25) is 19.2 Å². The number of nitrogens with two attached hydrogens (primary N) is 1. The number of Topliss-reactive ketones (excluding diaryl/α,β-unsaturated/α-hetero) is 3. The van der Waals surface area contributed by atoms with E-state index in [4.69, 9.17) is 21.3 Å². The summed E-state index contributed by atoms with van der Waals surface area (Å²) in [5.74, 6) is -1.14. The average Bonchev–Trinajstić information content (AvgIpc) is 2.70. The van der Waals surface area contributed by atoms with E-state index in [0.29, 0.717) is 31.4 Å². The van der Waals surface area contributed by atoms with Crippen molar-refractivity contribution in [2.24, 2.45) is 17.6 Å². The Bertz CT molecular complexity index is 591. The normalized spacial score (nSPS) is 14.0. The van der Waals surface area contributed by atoms with Gasteiger partial charge >= 0.3 is 0 Å². The molecule has 0 fully saturated rings. The maximum Gasteiger partial charge on any atom is 0.237 e. The smallest absolute Gasteiger partial charge is 0.237 e. The monoisotopic (exact) mass is 410 g/mol. The van der Waals surface area contributed by atoms with Gasteiger partial charge in [0.05, 0.1) is 24.5 Å². The minimum absolute atomic E-state index is 0.0317. The summed E-state index contributed by atoms with van der Waals surface area (Å²) < 4.78 is 5.19. The summed E-state index contributed by atoms with van der Waals surface area (Å²) in [6.07, 6.45) is 2.25. The molecule has 0 aromatic heterocycles. The molecular weight excluding hydrogens is 376 g/mol. The molecular formula is C20H34N4O5. The summed E-state index contributed by atoms with van der Waals surface area (Å²) in [6, 6.07) is -1.88. The minimum atomic E-state index is -0.996. The molecule has 3 atom stereocenters. The van der Waals surface area contributed by atoms with Crippen LogP contribution >= 0.6 is 0 Å². The fourth-order valence-corrected chi connectivity index (χ4v) is 2.78. The van der Waals surface area contributed by atoms with E-state index >= 15 is 0 Å². The Hall–Kier alpha value is -2.26. The number of nitrogens with one attached hydrogen (secondary N) is 3. The van der Waals surface area contributed by atoms with Crippen LogP contribution in [-0.2, 0) is 23.9 Å². The van der Waals surface area contributed by atoms with E-state index in [2.05, 4.69) is 5.32 Å². The van der Waals surface area contributed by atoms with Gasteiger partial charge in [0.1, 0.15) is 0 Å². The molecule has 0 aromatic carbocycles. The van der Waals surface area contributed by atoms with Crippen molar-refractivity contribution < 1.29 is 23.9 Å². The second-order valence-corrected chi connectivity index (χ2v) is 7.43. The Labute approximate surface area is 172 Å². The summed E-state index contributed by atoms with van der Waals surface area (Å²) in [7, 11) is 1.60. The van der Waals surface area contributed by atoms with E-state index in [0.717, 1.165) is 0 Å². The molecule has 1 amide bonds. The van der Waals surface area contributed by atoms with Crippen molar-refractivity contribution >= 4 is 35.7 Å². The highest BCUT2D eigenvalue weighted by atomic mass is 16.5. The second kappa shape index (κ2) is 14.7. The summed E-state index contributed by atoms with van der Waals surface area (Å²) in [6.45, 7) is 4.62. The van der Waals surface area contributed by atoms with Crippen LogP contribution in [0.15, 0.2) is 0 Å². The second-order valence-electron chi connectivity index (χ2n) is 7.43. The standard InChI is InChI=1S/C20H34N4O5/c1-13(2)14(12-29-3)4-9-19(27)18(8-6-16(26)11-22)24-20(28)17(23)7-5-15(25)10-21/h10-11,13-14,17-18,21-22H,4-9,12,23H2,1-3H3,(H,24,28)/t14?,17-,18-/m0/s1. The molecule has 0 rings (SSSR count). The van der Waals surface area contributed by atoms with Gasteiger partial charge in [0.15, 0.2) is 17.3 Å². The largest absolute Gasteiger partial charge is 0.384 e. The summed E-state index contributed by atoms with van der Waals surface area (Å²) in [4.78, 5) is 47.6. The van der Waals surface area contributed by atoms with E-state index in [1.807, 2.05) is 13.8 Å². The van der Waals surface area contributed by atoms with Gasteiger partial charge in [-0.1, -0.05) is 13.8 Å². The van der Waals surface area contributed by atoms with E-state index in [1.54, 1.807) is 7.11 Å². The van der Waals surface area contributed by atoms with Gasteiger partial charge < -0.3 is 26.6 Å². The lowest BCUT2D eigenvalue weighted by Crippen LogP contribution is -2.48. The van der Waals surface area contributed by atoms with Crippen LogP contribution in [0.4, 0.5) is 0 Å². The molecule has 0 radical (unpaired) electrons. The van der Waals surface area contributed by atoms with Crippen LogP contribution in [0.3, 0.4) is 0 Å². The van der Waals surface area contributed by atoms with E-state index in [-0.39, 0.29) is 43.8 Å². The number of rotatable bonds is 17. The number of ketones is 3. The molecule has 0 bridgehead atoms.